The Morgan fingerprint density at radius 2 is 0.684 bits per heavy atom. The Labute approximate surface area is 138 Å². The minimum Gasteiger partial charge on any atom is -0.512 e. The van der Waals surface area contributed by atoms with E-state index in [2.05, 4.69) is 6.92 Å². The molecule has 0 saturated heterocycles. The third-order valence-corrected chi connectivity index (χ3v) is 0. The third-order valence-electron chi connectivity index (χ3n) is 0. The van der Waals surface area contributed by atoms with Crippen molar-refractivity contribution in [1.29, 1.82) is 31.6 Å². The molecule has 1 N–H and O–H groups in total. The molecule has 103 valence electrons. The molecule has 19 heavy (non-hydrogen) atoms. The molecule has 7 nitrogen and oxygen atoms in total. The zero-order valence-corrected chi connectivity index (χ0v) is 14.4. The minimum absolute atomic E-state index is 0. The van der Waals surface area contributed by atoms with Crippen molar-refractivity contribution in [2.24, 2.45) is 0 Å². The number of hydrogen-bond donors (Lipinski definition) is 1. The number of rotatable bonds is 0. The fraction of sp³-hybridized carbons (Fsp3) is 0.300. The standard InChI is InChI=1S/C4H9O.6CN.Co.Zn/c1-4(2,3)5;6*1-2;;/h5H,1H2,2-3H3;;;;;;;;/q7*-1;;. The monoisotopic (exact) mass is 352 g/mol. The Kier molecular flexibility index (Phi) is 796. The molecule has 0 heterocycles. The summed E-state index contributed by atoms with van der Waals surface area (Å²) >= 11 is 0. The topological polar surface area (TPSA) is 163 Å². The second-order valence-electron chi connectivity index (χ2n) is 1.81. The molecule has 9 heteroatoms. The third kappa shape index (κ3) is 813. The van der Waals surface area contributed by atoms with Gasteiger partial charge in [0.05, 0.1) is 0 Å². The predicted molar refractivity (Wildman–Crippen MR) is 51.5 cm³/mol. The summed E-state index contributed by atoms with van der Waals surface area (Å²) in [5.41, 5.74) is -0.750. The van der Waals surface area contributed by atoms with E-state index in [1.54, 1.807) is 13.8 Å². The van der Waals surface area contributed by atoms with Crippen LogP contribution in [0.5, 0.6) is 0 Å². The van der Waals surface area contributed by atoms with E-state index in [4.69, 9.17) is 76.1 Å². The first-order valence-electron chi connectivity index (χ1n) is 2.92. The van der Waals surface area contributed by atoms with Crippen LogP contribution in [0.15, 0.2) is 0 Å². The Balaban J connectivity index is -0.00000000912. The molecule has 0 atom stereocenters. The van der Waals surface area contributed by atoms with Gasteiger partial charge in [-0.25, -0.2) is 0 Å². The van der Waals surface area contributed by atoms with Crippen LogP contribution in [0.25, 0.3) is 0 Å². The molecule has 0 unspecified atom stereocenters. The molecular weight excluding hydrogens is 344 g/mol. The van der Waals surface area contributed by atoms with Crippen molar-refractivity contribution >= 4 is 0 Å². The molecular formula is C10H9CoN6OZn-7. The summed E-state index contributed by atoms with van der Waals surface area (Å²) < 4.78 is 0. The molecule has 0 spiro atoms. The minimum atomic E-state index is -0.750. The fourth-order valence-electron chi connectivity index (χ4n) is 0. The molecule has 0 aliphatic heterocycles. The van der Waals surface area contributed by atoms with Gasteiger partial charge in [0, 0.05) is 36.3 Å². The van der Waals surface area contributed by atoms with Gasteiger partial charge >= 0.3 is 0 Å². The number of hydrogen-bond acceptors (Lipinski definition) is 7. The molecule has 0 aromatic heterocycles. The fourth-order valence-corrected chi connectivity index (χ4v) is 0. The van der Waals surface area contributed by atoms with Gasteiger partial charge in [-0.1, -0.05) is 19.4 Å². The molecule has 0 aromatic rings. The van der Waals surface area contributed by atoms with Crippen LogP contribution in [0.4, 0.5) is 0 Å². The number of nitrogens with zero attached hydrogens (tertiary/aromatic N) is 6. The van der Waals surface area contributed by atoms with Gasteiger partial charge in [0.2, 0.25) is 0 Å². The van der Waals surface area contributed by atoms with Crippen LogP contribution in [0.1, 0.15) is 13.8 Å². The molecule has 1 radical (unpaired) electrons. The maximum atomic E-state index is 8.41. The normalized spacial score (nSPS) is 3.79. The van der Waals surface area contributed by atoms with E-state index in [1.807, 2.05) is 0 Å². The first kappa shape index (κ1) is 67.9. The second-order valence-corrected chi connectivity index (χ2v) is 1.81. The molecule has 0 amide bonds. The molecule has 0 saturated carbocycles. The molecule has 0 rings (SSSR count). The summed E-state index contributed by atoms with van der Waals surface area (Å²) in [7, 11) is 0. The van der Waals surface area contributed by atoms with Crippen LogP contribution in [0, 0.1) is 77.9 Å². The molecule has 0 aromatic carbocycles. The van der Waals surface area contributed by atoms with Gasteiger partial charge in [0.15, 0.2) is 0 Å². The van der Waals surface area contributed by atoms with E-state index >= 15 is 0 Å². The average molecular weight is 354 g/mol. The van der Waals surface area contributed by atoms with Gasteiger partial charge in [-0.3, -0.25) is 0 Å². The summed E-state index contributed by atoms with van der Waals surface area (Å²) in [6.45, 7) is 35.1. The van der Waals surface area contributed by atoms with Crippen molar-refractivity contribution in [2.75, 3.05) is 0 Å². The summed E-state index contributed by atoms with van der Waals surface area (Å²) in [5.74, 6) is 0. The maximum Gasteiger partial charge on any atom is 0 e. The first-order chi connectivity index (χ1) is 8.00. The van der Waals surface area contributed by atoms with Gasteiger partial charge in [-0.05, 0) is 0 Å². The van der Waals surface area contributed by atoms with Crippen molar-refractivity contribution < 1.29 is 41.4 Å². The summed E-state index contributed by atoms with van der Waals surface area (Å²) in [5, 5.41) is 45.9. The van der Waals surface area contributed by atoms with Gasteiger partial charge in [-0.15, -0.1) is 0 Å². The zero-order chi connectivity index (χ0) is 16.5. The van der Waals surface area contributed by atoms with E-state index in [-0.39, 0.29) is 36.3 Å². The second kappa shape index (κ2) is 223. The largest absolute Gasteiger partial charge is 0.512 e. The van der Waals surface area contributed by atoms with Crippen LogP contribution in [0.2, 0.25) is 0 Å². The van der Waals surface area contributed by atoms with E-state index in [1.165, 1.54) is 0 Å². The summed E-state index contributed by atoms with van der Waals surface area (Å²) in [6, 6.07) is 0. The molecule has 0 aliphatic rings. The van der Waals surface area contributed by atoms with Crippen LogP contribution in [-0.4, -0.2) is 10.7 Å². The first-order valence-corrected chi connectivity index (χ1v) is 2.92. The van der Waals surface area contributed by atoms with Crippen molar-refractivity contribution in [3.63, 3.8) is 0 Å². The smallest absolute Gasteiger partial charge is 0 e. The summed E-state index contributed by atoms with van der Waals surface area (Å²) in [6.07, 6.45) is 0. The van der Waals surface area contributed by atoms with Crippen LogP contribution >= 0.6 is 0 Å². The molecule has 0 fully saturated rings. The van der Waals surface area contributed by atoms with E-state index in [0.29, 0.717) is 0 Å². The Hall–Kier alpha value is -1.97. The van der Waals surface area contributed by atoms with E-state index in [9.17, 15) is 0 Å². The Morgan fingerprint density at radius 1 is 0.684 bits per heavy atom. The van der Waals surface area contributed by atoms with Crippen LogP contribution in [-0.2, 0) is 36.3 Å². The van der Waals surface area contributed by atoms with Gasteiger partial charge in [0.1, 0.15) is 0 Å². The summed E-state index contributed by atoms with van der Waals surface area (Å²) in [4.78, 5) is 0. The van der Waals surface area contributed by atoms with E-state index < -0.39 is 5.60 Å². The van der Waals surface area contributed by atoms with Crippen molar-refractivity contribution in [2.45, 2.75) is 19.4 Å². The number of aliphatic hydroxyl groups is 1. The van der Waals surface area contributed by atoms with Crippen molar-refractivity contribution in [1.82, 2.24) is 0 Å². The Bertz CT molecular complexity index is 161. The zero-order valence-electron chi connectivity index (χ0n) is 10.4. The molecule has 0 bridgehead atoms. The van der Waals surface area contributed by atoms with Crippen LogP contribution < -0.4 is 0 Å². The van der Waals surface area contributed by atoms with Gasteiger partial charge in [0.25, 0.3) is 0 Å². The van der Waals surface area contributed by atoms with Crippen LogP contribution in [0.3, 0.4) is 0 Å². The average Bonchev–Trinajstić information content (AvgIpc) is 2.41. The predicted octanol–water partition coefficient (Wildman–Crippen LogP) is 1.16. The molecule has 0 aliphatic carbocycles. The quantitative estimate of drug-likeness (QED) is 0.504. The van der Waals surface area contributed by atoms with Gasteiger partial charge < -0.3 is 83.0 Å². The van der Waals surface area contributed by atoms with E-state index in [0.717, 1.165) is 0 Å². The maximum absolute atomic E-state index is 8.41. The van der Waals surface area contributed by atoms with Crippen molar-refractivity contribution in [3.8, 4) is 0 Å². The van der Waals surface area contributed by atoms with Crippen molar-refractivity contribution in [3.05, 3.63) is 46.4 Å². The van der Waals surface area contributed by atoms with Gasteiger partial charge in [-0.2, -0.15) is 0 Å². The Morgan fingerprint density at radius 3 is 0.684 bits per heavy atom. The SMILES string of the molecule is [C-]#N.[C-]#N.[C-]#N.[C-]#N.[C-]#N.[C-]#N.[CH2-]C(C)(C)O.[Co].[Zn].